The van der Waals surface area contributed by atoms with Gasteiger partial charge in [-0.1, -0.05) is 15.9 Å². The summed E-state index contributed by atoms with van der Waals surface area (Å²) in [5.41, 5.74) is 6.05. The predicted molar refractivity (Wildman–Crippen MR) is 81.3 cm³/mol. The number of pyridine rings is 1. The number of halogens is 3. The zero-order valence-electron chi connectivity index (χ0n) is 9.77. The third kappa shape index (κ3) is 3.10. The van der Waals surface area contributed by atoms with Crippen molar-refractivity contribution in [1.29, 1.82) is 0 Å². The number of rotatable bonds is 3. The largest absolute Gasteiger partial charge is 0.397 e. The van der Waals surface area contributed by atoms with E-state index >= 15 is 0 Å². The lowest BCUT2D eigenvalue weighted by Gasteiger charge is -2.12. The number of aromatic nitrogens is 1. The molecule has 0 aliphatic carbocycles. The third-order valence-corrected chi connectivity index (χ3v) is 4.67. The average molecular weight is 425 g/mol. The van der Waals surface area contributed by atoms with Gasteiger partial charge in [-0.3, -0.25) is 4.72 Å². The molecule has 9 heteroatoms. The fourth-order valence-electron chi connectivity index (χ4n) is 1.45. The summed E-state index contributed by atoms with van der Waals surface area (Å²) in [6, 6.07) is 5.46. The zero-order valence-corrected chi connectivity index (χ0v) is 13.8. The van der Waals surface area contributed by atoms with Gasteiger partial charge < -0.3 is 5.73 Å². The summed E-state index contributed by atoms with van der Waals surface area (Å²) in [4.78, 5) is 3.53. The van der Waals surface area contributed by atoms with E-state index in [4.69, 9.17) is 5.73 Å². The summed E-state index contributed by atoms with van der Waals surface area (Å²) in [7, 11) is -4.16. The first kappa shape index (κ1) is 15.2. The van der Waals surface area contributed by atoms with Gasteiger partial charge in [-0.25, -0.2) is 9.37 Å². The standard InChI is InChI=1S/C11H8Br2FN3O2S/c12-6-4-7(13)10(9(15)5-6)17-20(18,19)11-8(14)2-1-3-16-11/h1-5,17H,15H2. The topological polar surface area (TPSA) is 85.1 Å². The van der Waals surface area contributed by atoms with Crippen molar-refractivity contribution in [2.75, 3.05) is 10.5 Å². The molecule has 0 aliphatic rings. The normalized spacial score (nSPS) is 11.3. The second-order valence-corrected chi connectivity index (χ2v) is 7.12. The van der Waals surface area contributed by atoms with E-state index in [0.717, 1.165) is 6.07 Å². The molecule has 20 heavy (non-hydrogen) atoms. The maximum atomic E-state index is 13.5. The number of nitrogens with zero attached hydrogens (tertiary/aromatic N) is 1. The number of nitrogen functional groups attached to an aromatic ring is 1. The summed E-state index contributed by atoms with van der Waals surface area (Å²) in [5, 5.41) is -0.686. The molecule has 0 unspecified atom stereocenters. The Morgan fingerprint density at radius 3 is 2.60 bits per heavy atom. The molecule has 0 spiro atoms. The van der Waals surface area contributed by atoms with Crippen LogP contribution in [0.5, 0.6) is 0 Å². The first-order valence-corrected chi connectivity index (χ1v) is 8.26. The molecule has 0 radical (unpaired) electrons. The van der Waals surface area contributed by atoms with E-state index in [9.17, 15) is 12.8 Å². The van der Waals surface area contributed by atoms with Crippen LogP contribution < -0.4 is 10.5 Å². The summed E-state index contributed by atoms with van der Waals surface area (Å²) >= 11 is 6.41. The molecule has 5 nitrogen and oxygen atoms in total. The molecule has 0 saturated carbocycles. The minimum Gasteiger partial charge on any atom is -0.397 e. The molecule has 0 saturated heterocycles. The molecule has 1 aromatic carbocycles. The van der Waals surface area contributed by atoms with Crippen molar-refractivity contribution < 1.29 is 12.8 Å². The van der Waals surface area contributed by atoms with Crippen molar-refractivity contribution >= 4 is 53.3 Å². The molecule has 0 fully saturated rings. The monoisotopic (exact) mass is 423 g/mol. The number of hydrogen-bond acceptors (Lipinski definition) is 4. The Morgan fingerprint density at radius 2 is 2.00 bits per heavy atom. The van der Waals surface area contributed by atoms with Crippen LogP contribution in [0.4, 0.5) is 15.8 Å². The molecule has 1 heterocycles. The van der Waals surface area contributed by atoms with Crippen LogP contribution in [0.15, 0.2) is 44.4 Å². The number of anilines is 2. The maximum Gasteiger partial charge on any atom is 0.282 e. The van der Waals surface area contributed by atoms with Crippen LogP contribution in [0.2, 0.25) is 0 Å². The summed E-state index contributed by atoms with van der Waals surface area (Å²) < 4.78 is 41.1. The summed E-state index contributed by atoms with van der Waals surface area (Å²) in [6.45, 7) is 0. The summed E-state index contributed by atoms with van der Waals surface area (Å²) in [6.07, 6.45) is 1.19. The molecule has 0 bridgehead atoms. The maximum absolute atomic E-state index is 13.5. The first-order chi connectivity index (χ1) is 9.31. The smallest absolute Gasteiger partial charge is 0.282 e. The first-order valence-electron chi connectivity index (χ1n) is 5.19. The Morgan fingerprint density at radius 1 is 1.30 bits per heavy atom. The van der Waals surface area contributed by atoms with Gasteiger partial charge in [0.1, 0.15) is 0 Å². The van der Waals surface area contributed by atoms with Gasteiger partial charge in [0.25, 0.3) is 10.0 Å². The molecular formula is C11H8Br2FN3O2S. The van der Waals surface area contributed by atoms with E-state index in [2.05, 4.69) is 41.6 Å². The zero-order chi connectivity index (χ0) is 14.9. The number of sulfonamides is 1. The third-order valence-electron chi connectivity index (χ3n) is 2.30. The van der Waals surface area contributed by atoms with Gasteiger partial charge in [-0.2, -0.15) is 8.42 Å². The van der Waals surface area contributed by atoms with Crippen molar-refractivity contribution in [2.24, 2.45) is 0 Å². The number of hydrogen-bond donors (Lipinski definition) is 2. The van der Waals surface area contributed by atoms with E-state index in [-0.39, 0.29) is 11.4 Å². The Kier molecular flexibility index (Phi) is 4.31. The SMILES string of the molecule is Nc1cc(Br)cc(Br)c1NS(=O)(=O)c1ncccc1F. The second-order valence-electron chi connectivity index (χ2n) is 3.75. The van der Waals surface area contributed by atoms with Crippen molar-refractivity contribution in [3.05, 3.63) is 45.2 Å². The van der Waals surface area contributed by atoms with Crippen LogP contribution in [0.25, 0.3) is 0 Å². The molecule has 0 amide bonds. The van der Waals surface area contributed by atoms with Crippen molar-refractivity contribution in [3.63, 3.8) is 0 Å². The Labute approximate surface area is 131 Å². The van der Waals surface area contributed by atoms with E-state index in [1.165, 1.54) is 18.3 Å². The van der Waals surface area contributed by atoms with Gasteiger partial charge in [0, 0.05) is 15.1 Å². The highest BCUT2D eigenvalue weighted by atomic mass is 79.9. The molecular weight excluding hydrogens is 417 g/mol. The molecule has 0 aliphatic heterocycles. The van der Waals surface area contributed by atoms with Crippen LogP contribution in [0.1, 0.15) is 0 Å². The highest BCUT2D eigenvalue weighted by molar-refractivity contribution is 9.11. The van der Waals surface area contributed by atoms with Gasteiger partial charge in [0.05, 0.1) is 11.4 Å². The molecule has 0 atom stereocenters. The molecule has 106 valence electrons. The molecule has 2 aromatic rings. The number of benzene rings is 1. The Hall–Kier alpha value is -1.19. The minimum absolute atomic E-state index is 0.123. The molecule has 2 rings (SSSR count). The van der Waals surface area contributed by atoms with Crippen LogP contribution in [-0.2, 0) is 10.0 Å². The van der Waals surface area contributed by atoms with Gasteiger partial charge in [0.15, 0.2) is 5.82 Å². The van der Waals surface area contributed by atoms with E-state index in [0.29, 0.717) is 8.95 Å². The lowest BCUT2D eigenvalue weighted by atomic mass is 10.3. The van der Waals surface area contributed by atoms with E-state index in [1.54, 1.807) is 6.07 Å². The van der Waals surface area contributed by atoms with Crippen molar-refractivity contribution in [2.45, 2.75) is 5.03 Å². The highest BCUT2D eigenvalue weighted by Gasteiger charge is 2.22. The van der Waals surface area contributed by atoms with Crippen LogP contribution in [0, 0.1) is 5.82 Å². The lowest BCUT2D eigenvalue weighted by molar-refractivity contribution is 0.557. The fraction of sp³-hybridized carbons (Fsp3) is 0. The number of nitrogens with two attached hydrogens (primary N) is 1. The molecule has 1 aromatic heterocycles. The van der Waals surface area contributed by atoms with E-state index < -0.39 is 20.9 Å². The molecule has 3 N–H and O–H groups in total. The van der Waals surface area contributed by atoms with Gasteiger partial charge in [-0.05, 0) is 40.2 Å². The van der Waals surface area contributed by atoms with Crippen molar-refractivity contribution in [1.82, 2.24) is 4.98 Å². The Balaban J connectivity index is 2.47. The van der Waals surface area contributed by atoms with Crippen LogP contribution in [-0.4, -0.2) is 13.4 Å². The fourth-order valence-corrected chi connectivity index (χ4v) is 4.06. The van der Waals surface area contributed by atoms with Crippen LogP contribution >= 0.6 is 31.9 Å². The van der Waals surface area contributed by atoms with Gasteiger partial charge >= 0.3 is 0 Å². The lowest BCUT2D eigenvalue weighted by Crippen LogP contribution is -2.17. The van der Waals surface area contributed by atoms with E-state index in [1.807, 2.05) is 0 Å². The predicted octanol–water partition coefficient (Wildman–Crippen LogP) is 3.13. The van der Waals surface area contributed by atoms with Gasteiger partial charge in [-0.15, -0.1) is 0 Å². The average Bonchev–Trinajstić information content (AvgIpc) is 2.34. The number of nitrogens with one attached hydrogen (secondary N) is 1. The second kappa shape index (κ2) is 5.66. The highest BCUT2D eigenvalue weighted by Crippen LogP contribution is 2.34. The van der Waals surface area contributed by atoms with Crippen molar-refractivity contribution in [3.8, 4) is 0 Å². The minimum atomic E-state index is -4.16. The summed E-state index contributed by atoms with van der Waals surface area (Å²) in [5.74, 6) is -0.938. The van der Waals surface area contributed by atoms with Crippen LogP contribution in [0.3, 0.4) is 0 Å². The quantitative estimate of drug-likeness (QED) is 0.741. The Bertz CT molecular complexity index is 745. The van der Waals surface area contributed by atoms with Gasteiger partial charge in [0.2, 0.25) is 5.03 Å².